The molecule has 1 unspecified atom stereocenters. The van der Waals surface area contributed by atoms with Gasteiger partial charge in [-0.25, -0.2) is 0 Å². The van der Waals surface area contributed by atoms with Crippen molar-refractivity contribution < 1.29 is 22.8 Å². The maximum atomic E-state index is 12.8. The Morgan fingerprint density at radius 3 is 2.76 bits per heavy atom. The Morgan fingerprint density at radius 1 is 1.36 bits per heavy atom. The molecule has 6 nitrogen and oxygen atoms in total. The summed E-state index contributed by atoms with van der Waals surface area (Å²) < 4.78 is 38.5. The first kappa shape index (κ1) is 17.3. The lowest BCUT2D eigenvalue weighted by Crippen LogP contribution is -2.28. The number of carbonyl (C=O) groups excluding carboxylic acids is 2. The van der Waals surface area contributed by atoms with Gasteiger partial charge >= 0.3 is 6.18 Å². The lowest BCUT2D eigenvalue weighted by molar-refractivity contribution is -0.137. The fraction of sp³-hybridized carbons (Fsp3) is 0.333. The third kappa shape index (κ3) is 3.78. The number of carbonyl (C=O) groups is 2. The molecule has 0 radical (unpaired) electrons. The molecule has 0 saturated carbocycles. The van der Waals surface area contributed by atoms with E-state index in [2.05, 4.69) is 15.5 Å². The molecule has 0 spiro atoms. The molecule has 1 aromatic heterocycles. The topological polar surface area (TPSA) is 75.2 Å². The number of aromatic nitrogens is 2. The van der Waals surface area contributed by atoms with Crippen molar-refractivity contribution in [2.24, 2.45) is 5.92 Å². The number of amides is 2. The van der Waals surface area contributed by atoms with Gasteiger partial charge < -0.3 is 10.2 Å². The van der Waals surface area contributed by atoms with E-state index < -0.39 is 29.5 Å². The van der Waals surface area contributed by atoms with E-state index in [0.29, 0.717) is 10.1 Å². The number of hydrogen-bond donors (Lipinski definition) is 1. The zero-order chi connectivity index (χ0) is 18.2. The van der Waals surface area contributed by atoms with E-state index in [9.17, 15) is 22.8 Å². The first-order valence-corrected chi connectivity index (χ1v) is 8.14. The molecule has 10 heteroatoms. The summed E-state index contributed by atoms with van der Waals surface area (Å²) in [6, 6.07) is 4.50. The van der Waals surface area contributed by atoms with E-state index in [0.717, 1.165) is 12.1 Å². The van der Waals surface area contributed by atoms with Gasteiger partial charge in [0.15, 0.2) is 0 Å². The summed E-state index contributed by atoms with van der Waals surface area (Å²) in [4.78, 5) is 25.6. The van der Waals surface area contributed by atoms with Crippen LogP contribution in [0, 0.1) is 12.8 Å². The van der Waals surface area contributed by atoms with Crippen LogP contribution in [0.4, 0.5) is 24.0 Å². The fourth-order valence-electron chi connectivity index (χ4n) is 2.54. The Balaban J connectivity index is 1.73. The van der Waals surface area contributed by atoms with Crippen molar-refractivity contribution in [2.45, 2.75) is 19.5 Å². The van der Waals surface area contributed by atoms with Gasteiger partial charge in [-0.2, -0.15) is 13.2 Å². The normalized spacial score (nSPS) is 17.8. The molecule has 0 aliphatic carbocycles. The van der Waals surface area contributed by atoms with Gasteiger partial charge in [0.05, 0.1) is 11.5 Å². The first-order valence-electron chi connectivity index (χ1n) is 7.32. The highest BCUT2D eigenvalue weighted by molar-refractivity contribution is 7.15. The lowest BCUT2D eigenvalue weighted by Gasteiger charge is -2.18. The minimum atomic E-state index is -4.49. The number of hydrogen-bond acceptors (Lipinski definition) is 5. The van der Waals surface area contributed by atoms with Gasteiger partial charge in [0.1, 0.15) is 5.01 Å². The van der Waals surface area contributed by atoms with Crippen LogP contribution >= 0.6 is 11.3 Å². The van der Waals surface area contributed by atoms with Crippen LogP contribution in [-0.2, 0) is 15.8 Å². The van der Waals surface area contributed by atoms with Crippen molar-refractivity contribution in [1.82, 2.24) is 10.2 Å². The van der Waals surface area contributed by atoms with Gasteiger partial charge in [0.25, 0.3) is 0 Å². The summed E-state index contributed by atoms with van der Waals surface area (Å²) >= 11 is 1.20. The SMILES string of the molecule is Cc1nnc(NC(=O)C2CC(=O)N(c3cccc(C(F)(F)F)c3)C2)s1. The molecule has 0 bridgehead atoms. The molecule has 1 fully saturated rings. The first-order chi connectivity index (χ1) is 11.7. The minimum Gasteiger partial charge on any atom is -0.312 e. The number of halogens is 3. The number of rotatable bonds is 3. The Bertz CT molecular complexity index is 821. The Hall–Kier alpha value is -2.49. The van der Waals surface area contributed by atoms with Crippen molar-refractivity contribution >= 4 is 34.0 Å². The molecule has 132 valence electrons. The van der Waals surface area contributed by atoms with Crippen molar-refractivity contribution in [3.8, 4) is 0 Å². The molecule has 3 rings (SSSR count). The molecule has 2 aromatic rings. The molecule has 1 N–H and O–H groups in total. The third-order valence-electron chi connectivity index (χ3n) is 3.74. The van der Waals surface area contributed by atoms with Gasteiger partial charge in [-0.15, -0.1) is 10.2 Å². The standard InChI is InChI=1S/C15H13F3N4O2S/c1-8-20-21-14(25-8)19-13(24)9-5-12(23)22(7-9)11-4-2-3-10(6-11)15(16,17)18/h2-4,6,9H,5,7H2,1H3,(H,19,21,24). The lowest BCUT2D eigenvalue weighted by atomic mass is 10.1. The van der Waals surface area contributed by atoms with Crippen LogP contribution in [0.15, 0.2) is 24.3 Å². The summed E-state index contributed by atoms with van der Waals surface area (Å²) in [5.41, 5.74) is -0.711. The van der Waals surface area contributed by atoms with E-state index in [4.69, 9.17) is 0 Å². The monoisotopic (exact) mass is 370 g/mol. The van der Waals surface area contributed by atoms with E-state index in [1.54, 1.807) is 6.92 Å². The molecule has 25 heavy (non-hydrogen) atoms. The zero-order valence-electron chi connectivity index (χ0n) is 13.0. The average Bonchev–Trinajstić information content (AvgIpc) is 3.12. The maximum Gasteiger partial charge on any atom is 0.416 e. The molecule has 1 aliphatic rings. The Morgan fingerprint density at radius 2 is 2.12 bits per heavy atom. The highest BCUT2D eigenvalue weighted by Gasteiger charge is 2.37. The minimum absolute atomic E-state index is 0.0176. The van der Waals surface area contributed by atoms with E-state index >= 15 is 0 Å². The molecule has 1 aliphatic heterocycles. The third-order valence-corrected chi connectivity index (χ3v) is 4.49. The summed E-state index contributed by atoms with van der Waals surface area (Å²) in [6.07, 6.45) is -4.56. The zero-order valence-corrected chi connectivity index (χ0v) is 13.8. The Labute approximate surface area is 144 Å². The smallest absolute Gasteiger partial charge is 0.312 e. The highest BCUT2D eigenvalue weighted by atomic mass is 32.1. The van der Waals surface area contributed by atoms with Crippen LogP contribution < -0.4 is 10.2 Å². The summed E-state index contributed by atoms with van der Waals surface area (Å²) in [7, 11) is 0. The van der Waals surface area contributed by atoms with Crippen LogP contribution in [-0.4, -0.2) is 28.6 Å². The van der Waals surface area contributed by atoms with Gasteiger partial charge in [0.2, 0.25) is 16.9 Å². The number of alkyl halides is 3. The maximum absolute atomic E-state index is 12.8. The van der Waals surface area contributed by atoms with Crippen LogP contribution in [0.5, 0.6) is 0 Å². The molecule has 1 atom stereocenters. The molecular formula is C15H13F3N4O2S. The van der Waals surface area contributed by atoms with Gasteiger partial charge in [0, 0.05) is 18.7 Å². The Kier molecular flexibility index (Phi) is 4.46. The van der Waals surface area contributed by atoms with Crippen molar-refractivity contribution in [2.75, 3.05) is 16.8 Å². The van der Waals surface area contributed by atoms with Crippen LogP contribution in [0.1, 0.15) is 17.0 Å². The van der Waals surface area contributed by atoms with Gasteiger partial charge in [-0.3, -0.25) is 9.59 Å². The molecule has 2 heterocycles. The van der Waals surface area contributed by atoms with E-state index in [1.807, 2.05) is 0 Å². The number of aryl methyl sites for hydroxylation is 1. The fourth-order valence-corrected chi connectivity index (χ4v) is 3.13. The predicted octanol–water partition coefficient (Wildman–Crippen LogP) is 2.86. The molecule has 1 saturated heterocycles. The van der Waals surface area contributed by atoms with Gasteiger partial charge in [-0.1, -0.05) is 17.4 Å². The second-order valence-electron chi connectivity index (χ2n) is 5.57. The second-order valence-corrected chi connectivity index (χ2v) is 6.75. The van der Waals surface area contributed by atoms with E-state index in [1.165, 1.54) is 28.4 Å². The molecular weight excluding hydrogens is 357 g/mol. The van der Waals surface area contributed by atoms with Crippen LogP contribution in [0.25, 0.3) is 0 Å². The summed E-state index contributed by atoms with van der Waals surface area (Å²) in [5, 5.41) is 11.1. The predicted molar refractivity (Wildman–Crippen MR) is 85.2 cm³/mol. The van der Waals surface area contributed by atoms with Crippen molar-refractivity contribution in [3.63, 3.8) is 0 Å². The number of nitrogens with one attached hydrogen (secondary N) is 1. The second kappa shape index (κ2) is 6.43. The van der Waals surface area contributed by atoms with Gasteiger partial charge in [-0.05, 0) is 25.1 Å². The van der Waals surface area contributed by atoms with E-state index in [-0.39, 0.29) is 18.7 Å². The highest BCUT2D eigenvalue weighted by Crippen LogP contribution is 2.33. The average molecular weight is 370 g/mol. The molecule has 1 aromatic carbocycles. The van der Waals surface area contributed by atoms with Crippen molar-refractivity contribution in [1.29, 1.82) is 0 Å². The summed E-state index contributed by atoms with van der Waals surface area (Å²) in [6.45, 7) is 1.76. The van der Waals surface area contributed by atoms with Crippen LogP contribution in [0.2, 0.25) is 0 Å². The quantitative estimate of drug-likeness (QED) is 0.902. The number of benzene rings is 1. The molecule has 2 amide bonds. The number of anilines is 2. The number of nitrogens with zero attached hydrogens (tertiary/aromatic N) is 3. The summed E-state index contributed by atoms with van der Waals surface area (Å²) in [5.74, 6) is -1.46. The van der Waals surface area contributed by atoms with Crippen molar-refractivity contribution in [3.05, 3.63) is 34.8 Å². The van der Waals surface area contributed by atoms with Crippen LogP contribution in [0.3, 0.4) is 0 Å². The largest absolute Gasteiger partial charge is 0.416 e.